The zero-order valence-corrected chi connectivity index (χ0v) is 22.7. The number of methoxy groups -OCH3 is 1. The molecular formula is C27H24Cl2F3N5O3. The van der Waals surface area contributed by atoms with Crippen LogP contribution in [0.5, 0.6) is 5.75 Å². The molecule has 210 valence electrons. The smallest absolute Gasteiger partial charge is 0.434 e. The Kier molecular flexibility index (Phi) is 7.78. The Morgan fingerprint density at radius 1 is 1.12 bits per heavy atom. The average molecular weight is 594 g/mol. The molecular weight excluding hydrogens is 570 g/mol. The molecule has 0 radical (unpaired) electrons. The van der Waals surface area contributed by atoms with Crippen LogP contribution in [0.25, 0.3) is 16.9 Å². The van der Waals surface area contributed by atoms with Gasteiger partial charge >= 0.3 is 11.9 Å². The Labute approximate surface area is 236 Å². The predicted octanol–water partition coefficient (Wildman–Crippen LogP) is 5.91. The lowest BCUT2D eigenvalue weighted by molar-refractivity contribution is -0.141. The van der Waals surface area contributed by atoms with Gasteiger partial charge in [0.05, 0.1) is 33.9 Å². The topological polar surface area (TPSA) is 91.0 Å². The number of hydrogen-bond donors (Lipinski definition) is 1. The van der Waals surface area contributed by atoms with E-state index < -0.39 is 23.3 Å². The average Bonchev–Trinajstić information content (AvgIpc) is 3.20. The standard InChI is InChI=1S/C27H24Cl2F3N5O3/c1-40-18-8-9-20(29)22(12-18)37-24-21(3-2-10-33-24)36(26(37)39)14-15-4-6-17(7-5-15)35-25(38)19-11-16(28)13-34-23(19)27(30,31)32/h2-3,8-13,15,17H,4-7,14H2,1H3,(H,35,38)/t15-,17-. The molecule has 0 bridgehead atoms. The van der Waals surface area contributed by atoms with Crippen molar-refractivity contribution in [3.05, 3.63) is 80.6 Å². The predicted molar refractivity (Wildman–Crippen MR) is 144 cm³/mol. The number of fused-ring (bicyclic) bond motifs is 1. The first-order valence-electron chi connectivity index (χ1n) is 12.5. The molecule has 0 aliphatic heterocycles. The van der Waals surface area contributed by atoms with Gasteiger partial charge in [-0.05, 0) is 61.9 Å². The fourth-order valence-corrected chi connectivity index (χ4v) is 5.48. The Morgan fingerprint density at radius 3 is 2.58 bits per heavy atom. The lowest BCUT2D eigenvalue weighted by atomic mass is 9.85. The number of aromatic nitrogens is 4. The Bertz CT molecular complexity index is 1630. The number of carbonyl (C=O) groups is 1. The van der Waals surface area contributed by atoms with Gasteiger partial charge in [-0.25, -0.2) is 19.3 Å². The fourth-order valence-electron chi connectivity index (χ4n) is 5.12. The van der Waals surface area contributed by atoms with Crippen molar-refractivity contribution in [1.82, 2.24) is 24.4 Å². The first-order chi connectivity index (χ1) is 19.1. The van der Waals surface area contributed by atoms with E-state index in [9.17, 15) is 22.8 Å². The van der Waals surface area contributed by atoms with Gasteiger partial charge in [-0.1, -0.05) is 23.2 Å². The maximum atomic E-state index is 13.6. The Hall–Kier alpha value is -3.57. The van der Waals surface area contributed by atoms with Crippen molar-refractivity contribution < 1.29 is 22.7 Å². The summed E-state index contributed by atoms with van der Waals surface area (Å²) in [6.45, 7) is 0.409. The molecule has 0 unspecified atom stereocenters. The van der Waals surface area contributed by atoms with Gasteiger partial charge in [0.25, 0.3) is 5.91 Å². The molecule has 1 aliphatic rings. The molecule has 8 nitrogen and oxygen atoms in total. The molecule has 40 heavy (non-hydrogen) atoms. The van der Waals surface area contributed by atoms with Crippen molar-refractivity contribution >= 4 is 40.3 Å². The minimum Gasteiger partial charge on any atom is -0.497 e. The van der Waals surface area contributed by atoms with Crippen molar-refractivity contribution in [2.75, 3.05) is 7.11 Å². The van der Waals surface area contributed by atoms with Crippen LogP contribution < -0.4 is 15.7 Å². The molecule has 0 saturated heterocycles. The molecule has 1 amide bonds. The van der Waals surface area contributed by atoms with E-state index in [0.29, 0.717) is 59.9 Å². The summed E-state index contributed by atoms with van der Waals surface area (Å²) in [5.74, 6) is -0.227. The van der Waals surface area contributed by atoms with Crippen molar-refractivity contribution in [2.24, 2.45) is 5.92 Å². The second-order valence-electron chi connectivity index (χ2n) is 9.63. The quantitative estimate of drug-likeness (QED) is 0.300. The van der Waals surface area contributed by atoms with Crippen molar-refractivity contribution in [1.29, 1.82) is 0 Å². The van der Waals surface area contributed by atoms with Crippen LogP contribution in [0.1, 0.15) is 41.7 Å². The van der Waals surface area contributed by atoms with Crippen LogP contribution in [-0.4, -0.2) is 38.2 Å². The van der Waals surface area contributed by atoms with E-state index in [1.807, 2.05) is 6.07 Å². The highest BCUT2D eigenvalue weighted by atomic mass is 35.5. The number of nitrogens with zero attached hydrogens (tertiary/aromatic N) is 4. The lowest BCUT2D eigenvalue weighted by Crippen LogP contribution is -2.39. The highest BCUT2D eigenvalue weighted by molar-refractivity contribution is 6.32. The molecule has 0 atom stereocenters. The van der Waals surface area contributed by atoms with Gasteiger partial charge in [0, 0.05) is 31.0 Å². The zero-order valence-electron chi connectivity index (χ0n) is 21.2. The largest absolute Gasteiger partial charge is 0.497 e. The van der Waals surface area contributed by atoms with Gasteiger partial charge in [0.15, 0.2) is 11.3 Å². The molecule has 4 aromatic rings. The number of pyridine rings is 2. The lowest BCUT2D eigenvalue weighted by Gasteiger charge is -2.29. The normalized spacial score (nSPS) is 17.6. The van der Waals surface area contributed by atoms with E-state index in [1.54, 1.807) is 35.0 Å². The molecule has 13 heteroatoms. The Morgan fingerprint density at radius 2 is 1.88 bits per heavy atom. The molecule has 1 saturated carbocycles. The maximum absolute atomic E-state index is 13.6. The van der Waals surface area contributed by atoms with Crippen LogP contribution in [0.2, 0.25) is 10.0 Å². The molecule has 3 heterocycles. The molecule has 3 aromatic heterocycles. The third kappa shape index (κ3) is 5.53. The van der Waals surface area contributed by atoms with E-state index >= 15 is 0 Å². The van der Waals surface area contributed by atoms with Gasteiger partial charge in [-0.15, -0.1) is 0 Å². The van der Waals surface area contributed by atoms with E-state index in [4.69, 9.17) is 27.9 Å². The molecule has 1 aromatic carbocycles. The number of nitrogens with one attached hydrogen (secondary N) is 1. The van der Waals surface area contributed by atoms with E-state index in [-0.39, 0.29) is 22.7 Å². The summed E-state index contributed by atoms with van der Waals surface area (Å²) in [7, 11) is 1.53. The number of halogens is 5. The second kappa shape index (κ2) is 11.1. The SMILES string of the molecule is COc1ccc(Cl)c(-n2c(=O)n(C[C@H]3CC[C@H](NC(=O)c4cc(Cl)cnc4C(F)(F)F)CC3)c3cccnc32)c1. The number of imidazole rings is 1. The highest BCUT2D eigenvalue weighted by Crippen LogP contribution is 2.33. The number of amides is 1. The summed E-state index contributed by atoms with van der Waals surface area (Å²) in [5.41, 5.74) is -0.621. The summed E-state index contributed by atoms with van der Waals surface area (Å²) in [6.07, 6.45) is 0.0745. The number of alkyl halides is 3. The monoisotopic (exact) mass is 593 g/mol. The number of ether oxygens (including phenoxy) is 1. The minimum absolute atomic E-state index is 0.0591. The first kappa shape index (κ1) is 28.0. The van der Waals surface area contributed by atoms with Gasteiger partial charge < -0.3 is 10.1 Å². The van der Waals surface area contributed by atoms with Gasteiger partial charge in [0.1, 0.15) is 5.75 Å². The summed E-state index contributed by atoms with van der Waals surface area (Å²) < 4.78 is 48.5. The summed E-state index contributed by atoms with van der Waals surface area (Å²) >= 11 is 12.3. The highest BCUT2D eigenvalue weighted by Gasteiger charge is 2.38. The van der Waals surface area contributed by atoms with Gasteiger partial charge in [0.2, 0.25) is 0 Å². The third-order valence-corrected chi connectivity index (χ3v) is 7.60. The second-order valence-corrected chi connectivity index (χ2v) is 10.5. The van der Waals surface area contributed by atoms with E-state index in [0.717, 1.165) is 12.3 Å². The van der Waals surface area contributed by atoms with E-state index in [2.05, 4.69) is 15.3 Å². The molecule has 1 aliphatic carbocycles. The van der Waals surface area contributed by atoms with Gasteiger partial charge in [-0.3, -0.25) is 9.36 Å². The molecule has 1 fully saturated rings. The van der Waals surface area contributed by atoms with Crippen LogP contribution in [0.15, 0.2) is 53.6 Å². The van der Waals surface area contributed by atoms with Crippen LogP contribution in [0.3, 0.4) is 0 Å². The first-order valence-corrected chi connectivity index (χ1v) is 13.3. The summed E-state index contributed by atoms with van der Waals surface area (Å²) in [6, 6.07) is 9.26. The molecule has 5 rings (SSSR count). The Balaban J connectivity index is 1.33. The molecule has 1 N–H and O–H groups in total. The van der Waals surface area contributed by atoms with E-state index in [1.165, 1.54) is 11.7 Å². The van der Waals surface area contributed by atoms with Crippen molar-refractivity contribution in [2.45, 2.75) is 44.4 Å². The number of rotatable bonds is 6. The van der Waals surface area contributed by atoms with Crippen LogP contribution in [0.4, 0.5) is 13.2 Å². The van der Waals surface area contributed by atoms with Crippen molar-refractivity contribution in [3.8, 4) is 11.4 Å². The summed E-state index contributed by atoms with van der Waals surface area (Å²) in [4.78, 5) is 34.1. The van der Waals surface area contributed by atoms with Crippen LogP contribution in [0, 0.1) is 5.92 Å². The number of benzene rings is 1. The maximum Gasteiger partial charge on any atom is 0.434 e. The fraction of sp³-hybridized carbons (Fsp3) is 0.333. The van der Waals surface area contributed by atoms with Crippen molar-refractivity contribution in [3.63, 3.8) is 0 Å². The number of carbonyl (C=O) groups excluding carboxylic acids is 1. The van der Waals surface area contributed by atoms with Gasteiger partial charge in [-0.2, -0.15) is 13.2 Å². The van der Waals surface area contributed by atoms with Crippen LogP contribution in [-0.2, 0) is 12.7 Å². The van der Waals surface area contributed by atoms with Crippen LogP contribution >= 0.6 is 23.2 Å². The summed E-state index contributed by atoms with van der Waals surface area (Å²) in [5, 5.41) is 3.01. The molecule has 0 spiro atoms. The third-order valence-electron chi connectivity index (χ3n) is 7.08. The zero-order chi connectivity index (χ0) is 28.6. The number of hydrogen-bond acceptors (Lipinski definition) is 5. The minimum atomic E-state index is -4.79.